The summed E-state index contributed by atoms with van der Waals surface area (Å²) < 4.78 is 0. The molecule has 0 amide bonds. The number of nitrogens with zero attached hydrogens (tertiary/aromatic N) is 2. The molecule has 0 aromatic carbocycles. The van der Waals surface area contributed by atoms with Gasteiger partial charge in [0, 0.05) is 13.6 Å². The highest BCUT2D eigenvalue weighted by atomic mass is 16.4. The number of carboxylic acid groups (broad SMARTS) is 2. The Morgan fingerprint density at radius 3 is 2.14 bits per heavy atom. The second-order valence-corrected chi connectivity index (χ2v) is 3.00. The number of hydrogen-bond acceptors (Lipinski definition) is 4. The van der Waals surface area contributed by atoms with Gasteiger partial charge < -0.3 is 20.0 Å². The van der Waals surface area contributed by atoms with E-state index in [1.54, 1.807) is 14.0 Å². The molecule has 78 valence electrons. The number of rotatable bonds is 3. The lowest BCUT2D eigenvalue weighted by molar-refractivity contribution is -0.137. The van der Waals surface area contributed by atoms with Crippen molar-refractivity contribution in [2.24, 2.45) is 0 Å². The molecule has 0 fully saturated rings. The van der Waals surface area contributed by atoms with Gasteiger partial charge in [-0.2, -0.15) is 0 Å². The van der Waals surface area contributed by atoms with E-state index in [1.165, 1.54) is 9.80 Å². The molecule has 6 nitrogen and oxygen atoms in total. The highest BCUT2D eigenvalue weighted by molar-refractivity contribution is 5.98. The summed E-state index contributed by atoms with van der Waals surface area (Å²) in [5.41, 5.74) is -0.290. The Balaban J connectivity index is 3.17. The van der Waals surface area contributed by atoms with Crippen LogP contribution in [0.25, 0.3) is 0 Å². The molecule has 0 radical (unpaired) electrons. The van der Waals surface area contributed by atoms with Crippen molar-refractivity contribution in [3.63, 3.8) is 0 Å². The minimum absolute atomic E-state index is 0.137. The van der Waals surface area contributed by atoms with Crippen LogP contribution in [-0.4, -0.2) is 52.2 Å². The van der Waals surface area contributed by atoms with Gasteiger partial charge in [0.25, 0.3) is 0 Å². The Kier molecular flexibility index (Phi) is 2.64. The number of carboxylic acids is 2. The molecule has 1 aliphatic rings. The Labute approximate surface area is 81.0 Å². The zero-order valence-electron chi connectivity index (χ0n) is 8.02. The molecular formula is C8H12N2O4. The van der Waals surface area contributed by atoms with Gasteiger partial charge in [0.2, 0.25) is 0 Å². The summed E-state index contributed by atoms with van der Waals surface area (Å²) in [7, 11) is 1.56. The third kappa shape index (κ3) is 1.50. The smallest absolute Gasteiger partial charge is 0.354 e. The summed E-state index contributed by atoms with van der Waals surface area (Å²) in [6.45, 7) is 2.56. The predicted octanol–water partition coefficient (Wildman–Crippen LogP) is -0.408. The van der Waals surface area contributed by atoms with E-state index in [0.29, 0.717) is 13.2 Å². The first kappa shape index (κ1) is 10.4. The van der Waals surface area contributed by atoms with Crippen LogP contribution >= 0.6 is 0 Å². The average Bonchev–Trinajstić information content (AvgIpc) is 2.41. The Bertz CT molecular complexity index is 310. The Morgan fingerprint density at radius 1 is 1.29 bits per heavy atom. The van der Waals surface area contributed by atoms with Crippen LogP contribution in [0, 0.1) is 0 Å². The highest BCUT2D eigenvalue weighted by Gasteiger charge is 2.34. The fourth-order valence-electron chi connectivity index (χ4n) is 1.49. The largest absolute Gasteiger partial charge is 0.477 e. The molecule has 0 atom stereocenters. The first-order valence-corrected chi connectivity index (χ1v) is 4.16. The molecule has 0 unspecified atom stereocenters. The molecule has 0 aliphatic carbocycles. The molecule has 2 N–H and O–H groups in total. The number of hydrogen-bond donors (Lipinski definition) is 2. The molecule has 1 heterocycles. The van der Waals surface area contributed by atoms with Crippen molar-refractivity contribution in [3.8, 4) is 0 Å². The lowest BCUT2D eigenvalue weighted by Crippen LogP contribution is -2.27. The molecule has 1 rings (SSSR count). The fourth-order valence-corrected chi connectivity index (χ4v) is 1.49. The van der Waals surface area contributed by atoms with Crippen LogP contribution in [0.5, 0.6) is 0 Å². The van der Waals surface area contributed by atoms with Gasteiger partial charge >= 0.3 is 11.9 Å². The van der Waals surface area contributed by atoms with Gasteiger partial charge in [-0.1, -0.05) is 0 Å². The lowest BCUT2D eigenvalue weighted by atomic mass is 10.3. The van der Waals surface area contributed by atoms with Crippen molar-refractivity contribution in [2.45, 2.75) is 6.92 Å². The maximum Gasteiger partial charge on any atom is 0.354 e. The minimum Gasteiger partial charge on any atom is -0.477 e. The summed E-state index contributed by atoms with van der Waals surface area (Å²) in [5.74, 6) is -2.41. The first-order valence-electron chi connectivity index (χ1n) is 4.16. The van der Waals surface area contributed by atoms with Crippen LogP contribution in [0.1, 0.15) is 6.92 Å². The Hall–Kier alpha value is -1.72. The summed E-state index contributed by atoms with van der Waals surface area (Å²) in [6, 6.07) is 0. The van der Waals surface area contributed by atoms with Gasteiger partial charge in [-0.05, 0) is 6.92 Å². The molecule has 6 heteroatoms. The Morgan fingerprint density at radius 2 is 1.79 bits per heavy atom. The number of carbonyl (C=O) groups is 2. The van der Waals surface area contributed by atoms with Crippen molar-refractivity contribution >= 4 is 11.9 Å². The van der Waals surface area contributed by atoms with E-state index in [0.717, 1.165) is 0 Å². The van der Waals surface area contributed by atoms with Crippen molar-refractivity contribution in [1.29, 1.82) is 0 Å². The molecule has 1 aliphatic heterocycles. The minimum atomic E-state index is -1.21. The fraction of sp³-hybridized carbons (Fsp3) is 0.500. The molecule has 0 saturated heterocycles. The van der Waals surface area contributed by atoms with Gasteiger partial charge in [-0.3, -0.25) is 0 Å². The third-order valence-corrected chi connectivity index (χ3v) is 2.09. The zero-order chi connectivity index (χ0) is 10.9. The average molecular weight is 200 g/mol. The second kappa shape index (κ2) is 3.57. The standard InChI is InChI=1S/C8H12N2O4/c1-3-10-4-9(2)5(7(11)12)6(10)8(13)14/h3-4H2,1-2H3,(H,11,12)(H,13,14). The molecule has 14 heavy (non-hydrogen) atoms. The van der Waals surface area contributed by atoms with E-state index in [9.17, 15) is 9.59 Å². The van der Waals surface area contributed by atoms with Gasteiger partial charge in [-0.25, -0.2) is 9.59 Å². The van der Waals surface area contributed by atoms with E-state index in [2.05, 4.69) is 0 Å². The van der Waals surface area contributed by atoms with E-state index < -0.39 is 11.9 Å². The molecule has 0 spiro atoms. The van der Waals surface area contributed by atoms with Crippen LogP contribution < -0.4 is 0 Å². The lowest BCUT2D eigenvalue weighted by Gasteiger charge is -2.17. The van der Waals surface area contributed by atoms with Gasteiger partial charge in [0.15, 0.2) is 11.4 Å². The van der Waals surface area contributed by atoms with Gasteiger partial charge in [-0.15, -0.1) is 0 Å². The molecule has 0 bridgehead atoms. The van der Waals surface area contributed by atoms with Crippen molar-refractivity contribution in [2.75, 3.05) is 20.3 Å². The summed E-state index contributed by atoms with van der Waals surface area (Å²) in [6.07, 6.45) is 0. The molecule has 0 aromatic heterocycles. The summed E-state index contributed by atoms with van der Waals surface area (Å²) in [5, 5.41) is 17.7. The van der Waals surface area contributed by atoms with Crippen molar-refractivity contribution in [1.82, 2.24) is 9.80 Å². The molecule has 0 saturated carbocycles. The van der Waals surface area contributed by atoms with Crippen molar-refractivity contribution in [3.05, 3.63) is 11.4 Å². The van der Waals surface area contributed by atoms with Crippen LogP contribution in [0.4, 0.5) is 0 Å². The number of aliphatic carboxylic acids is 2. The second-order valence-electron chi connectivity index (χ2n) is 3.00. The molecular weight excluding hydrogens is 188 g/mol. The third-order valence-electron chi connectivity index (χ3n) is 2.09. The number of likely N-dealkylation sites (N-methyl/N-ethyl adjacent to an activating group) is 2. The van der Waals surface area contributed by atoms with Crippen LogP contribution in [-0.2, 0) is 9.59 Å². The first-order chi connectivity index (χ1) is 6.49. The summed E-state index contributed by atoms with van der Waals surface area (Å²) in [4.78, 5) is 24.6. The SMILES string of the molecule is CCN1CN(C)C(C(=O)O)=C1C(=O)O. The predicted molar refractivity (Wildman–Crippen MR) is 47.3 cm³/mol. The normalized spacial score (nSPS) is 16.4. The van der Waals surface area contributed by atoms with Gasteiger partial charge in [0.05, 0.1) is 6.67 Å². The van der Waals surface area contributed by atoms with E-state index in [4.69, 9.17) is 10.2 Å². The molecule has 0 aromatic rings. The highest BCUT2D eigenvalue weighted by Crippen LogP contribution is 2.22. The van der Waals surface area contributed by atoms with Crippen molar-refractivity contribution < 1.29 is 19.8 Å². The van der Waals surface area contributed by atoms with Gasteiger partial charge in [0.1, 0.15) is 0 Å². The maximum absolute atomic E-state index is 10.8. The summed E-state index contributed by atoms with van der Waals surface area (Å²) >= 11 is 0. The van der Waals surface area contributed by atoms with Crippen LogP contribution in [0.2, 0.25) is 0 Å². The van der Waals surface area contributed by atoms with Crippen LogP contribution in [0.15, 0.2) is 11.4 Å². The van der Waals surface area contributed by atoms with E-state index in [-0.39, 0.29) is 11.4 Å². The topological polar surface area (TPSA) is 81.1 Å². The van der Waals surface area contributed by atoms with E-state index in [1.807, 2.05) is 0 Å². The van der Waals surface area contributed by atoms with Crippen LogP contribution in [0.3, 0.4) is 0 Å². The quantitative estimate of drug-likeness (QED) is 0.644. The maximum atomic E-state index is 10.8. The zero-order valence-corrected chi connectivity index (χ0v) is 8.02. The van der Waals surface area contributed by atoms with E-state index >= 15 is 0 Å². The monoisotopic (exact) mass is 200 g/mol.